The Labute approximate surface area is 113 Å². The zero-order valence-corrected chi connectivity index (χ0v) is 11.7. The SMILES string of the molecule is Cc1cccc(Cl)c1OCCOCC[NH2+]CC[NH3+]. The fourth-order valence-corrected chi connectivity index (χ4v) is 1.84. The molecule has 102 valence electrons. The Morgan fingerprint density at radius 2 is 2.06 bits per heavy atom. The summed E-state index contributed by atoms with van der Waals surface area (Å²) in [5, 5.41) is 2.85. The van der Waals surface area contributed by atoms with Crippen molar-refractivity contribution in [3.05, 3.63) is 28.8 Å². The summed E-state index contributed by atoms with van der Waals surface area (Å²) < 4.78 is 11.1. The largest absolute Gasteiger partial charge is 0.489 e. The van der Waals surface area contributed by atoms with Gasteiger partial charge in [-0.15, -0.1) is 0 Å². The van der Waals surface area contributed by atoms with Gasteiger partial charge in [0.15, 0.2) is 0 Å². The van der Waals surface area contributed by atoms with Crippen LogP contribution >= 0.6 is 11.6 Å². The number of hydrogen-bond acceptors (Lipinski definition) is 2. The van der Waals surface area contributed by atoms with E-state index < -0.39 is 0 Å². The van der Waals surface area contributed by atoms with Crippen LogP contribution in [0.25, 0.3) is 0 Å². The molecule has 4 nitrogen and oxygen atoms in total. The van der Waals surface area contributed by atoms with E-state index in [-0.39, 0.29) is 0 Å². The highest BCUT2D eigenvalue weighted by Crippen LogP contribution is 2.27. The van der Waals surface area contributed by atoms with Crippen molar-refractivity contribution >= 4 is 11.6 Å². The van der Waals surface area contributed by atoms with Crippen LogP contribution in [-0.2, 0) is 4.74 Å². The third-order valence-electron chi connectivity index (χ3n) is 2.51. The zero-order valence-electron chi connectivity index (χ0n) is 11.0. The van der Waals surface area contributed by atoms with E-state index in [1.807, 2.05) is 25.1 Å². The molecule has 0 aliphatic carbocycles. The molecule has 0 heterocycles. The molecule has 0 aromatic heterocycles. The molecule has 5 N–H and O–H groups in total. The number of para-hydroxylation sites is 1. The van der Waals surface area contributed by atoms with Gasteiger partial charge in [-0.2, -0.15) is 0 Å². The van der Waals surface area contributed by atoms with Gasteiger partial charge in [0.2, 0.25) is 0 Å². The highest BCUT2D eigenvalue weighted by Gasteiger charge is 2.04. The van der Waals surface area contributed by atoms with Crippen molar-refractivity contribution in [1.29, 1.82) is 0 Å². The molecule has 18 heavy (non-hydrogen) atoms. The molecular formula is C13H23ClN2O2+2. The second kappa shape index (κ2) is 9.16. The molecule has 1 aromatic carbocycles. The third-order valence-corrected chi connectivity index (χ3v) is 2.81. The highest BCUT2D eigenvalue weighted by molar-refractivity contribution is 6.32. The van der Waals surface area contributed by atoms with Crippen molar-refractivity contribution in [2.45, 2.75) is 6.92 Å². The molecule has 0 bridgehead atoms. The lowest BCUT2D eigenvalue weighted by Gasteiger charge is -2.10. The smallest absolute Gasteiger partial charge is 0.140 e. The van der Waals surface area contributed by atoms with Crippen LogP contribution < -0.4 is 15.8 Å². The molecule has 0 unspecified atom stereocenters. The predicted molar refractivity (Wildman–Crippen MR) is 71.9 cm³/mol. The topological polar surface area (TPSA) is 62.7 Å². The van der Waals surface area contributed by atoms with Crippen LogP contribution in [0.4, 0.5) is 0 Å². The minimum atomic E-state index is 0.528. The molecule has 0 saturated carbocycles. The lowest BCUT2D eigenvalue weighted by molar-refractivity contribution is -0.671. The van der Waals surface area contributed by atoms with Crippen LogP contribution in [0.3, 0.4) is 0 Å². The summed E-state index contributed by atoms with van der Waals surface area (Å²) in [4.78, 5) is 0. The number of halogens is 1. The van der Waals surface area contributed by atoms with Gasteiger partial charge in [-0.25, -0.2) is 0 Å². The molecule has 0 radical (unpaired) electrons. The Kier molecular flexibility index (Phi) is 7.76. The van der Waals surface area contributed by atoms with E-state index in [9.17, 15) is 0 Å². The summed E-state index contributed by atoms with van der Waals surface area (Å²) in [6.45, 7) is 6.82. The Morgan fingerprint density at radius 3 is 2.78 bits per heavy atom. The normalized spacial score (nSPS) is 10.6. The van der Waals surface area contributed by atoms with Crippen LogP contribution in [0, 0.1) is 6.92 Å². The van der Waals surface area contributed by atoms with Crippen LogP contribution in [0.15, 0.2) is 18.2 Å². The lowest BCUT2D eigenvalue weighted by Crippen LogP contribution is -2.88. The first-order valence-electron chi connectivity index (χ1n) is 6.32. The number of nitrogens with two attached hydrogens (primary N) is 1. The Morgan fingerprint density at radius 1 is 1.22 bits per heavy atom. The van der Waals surface area contributed by atoms with Gasteiger partial charge < -0.3 is 20.5 Å². The van der Waals surface area contributed by atoms with Gasteiger partial charge in [-0.05, 0) is 18.6 Å². The fourth-order valence-electron chi connectivity index (χ4n) is 1.56. The van der Waals surface area contributed by atoms with Gasteiger partial charge in [-0.3, -0.25) is 0 Å². The Balaban J connectivity index is 2.11. The number of quaternary nitrogens is 2. The second-order valence-electron chi connectivity index (χ2n) is 4.07. The summed E-state index contributed by atoms with van der Waals surface area (Å²) in [6, 6.07) is 5.73. The van der Waals surface area contributed by atoms with E-state index in [1.54, 1.807) is 0 Å². The van der Waals surface area contributed by atoms with E-state index in [0.29, 0.717) is 18.2 Å². The van der Waals surface area contributed by atoms with Gasteiger partial charge in [0, 0.05) is 0 Å². The summed E-state index contributed by atoms with van der Waals surface area (Å²) in [6.07, 6.45) is 0. The summed E-state index contributed by atoms with van der Waals surface area (Å²) in [5.41, 5.74) is 4.83. The van der Waals surface area contributed by atoms with Crippen molar-refractivity contribution in [3.63, 3.8) is 0 Å². The Bertz CT molecular complexity index is 328. The highest BCUT2D eigenvalue weighted by atomic mass is 35.5. The van der Waals surface area contributed by atoms with E-state index in [1.165, 1.54) is 0 Å². The predicted octanol–water partition coefficient (Wildman–Crippen LogP) is -0.151. The number of benzene rings is 1. The molecule has 0 aliphatic heterocycles. The Hall–Kier alpha value is -0.810. The van der Waals surface area contributed by atoms with Gasteiger partial charge in [-0.1, -0.05) is 23.7 Å². The molecule has 5 heteroatoms. The fraction of sp³-hybridized carbons (Fsp3) is 0.538. The average Bonchev–Trinajstić information content (AvgIpc) is 2.35. The quantitative estimate of drug-likeness (QED) is 0.615. The second-order valence-corrected chi connectivity index (χ2v) is 4.47. The maximum Gasteiger partial charge on any atom is 0.140 e. The maximum atomic E-state index is 6.05. The van der Waals surface area contributed by atoms with Crippen molar-refractivity contribution < 1.29 is 20.5 Å². The summed E-state index contributed by atoms with van der Waals surface area (Å²) in [5.74, 6) is 0.756. The molecule has 0 atom stereocenters. The van der Waals surface area contributed by atoms with E-state index >= 15 is 0 Å². The van der Waals surface area contributed by atoms with Gasteiger partial charge in [0.25, 0.3) is 0 Å². The maximum absolute atomic E-state index is 6.05. The van der Waals surface area contributed by atoms with E-state index in [2.05, 4.69) is 11.1 Å². The number of hydrogen-bond donors (Lipinski definition) is 2. The van der Waals surface area contributed by atoms with Crippen LogP contribution in [0.5, 0.6) is 5.75 Å². The van der Waals surface area contributed by atoms with Crippen LogP contribution in [-0.4, -0.2) is 39.5 Å². The van der Waals surface area contributed by atoms with Crippen molar-refractivity contribution in [3.8, 4) is 5.75 Å². The van der Waals surface area contributed by atoms with Crippen LogP contribution in [0.2, 0.25) is 5.02 Å². The minimum absolute atomic E-state index is 0.528. The summed E-state index contributed by atoms with van der Waals surface area (Å²) >= 11 is 6.05. The molecule has 0 amide bonds. The van der Waals surface area contributed by atoms with E-state index in [4.69, 9.17) is 21.1 Å². The molecule has 0 fully saturated rings. The van der Waals surface area contributed by atoms with Crippen molar-refractivity contribution in [1.82, 2.24) is 0 Å². The van der Waals surface area contributed by atoms with Crippen molar-refractivity contribution in [2.75, 3.05) is 39.5 Å². The first kappa shape index (κ1) is 15.2. The molecule has 0 saturated heterocycles. The molecule has 1 rings (SSSR count). The first-order valence-corrected chi connectivity index (χ1v) is 6.70. The standard InChI is InChI=1S/C13H21ClN2O2/c1-11-3-2-4-12(14)13(11)18-10-9-17-8-7-16-6-5-15/h2-4,16H,5-10,15H2,1H3/p+2. The lowest BCUT2D eigenvalue weighted by atomic mass is 10.2. The third kappa shape index (κ3) is 5.69. The molecular weight excluding hydrogens is 252 g/mol. The zero-order chi connectivity index (χ0) is 13.2. The van der Waals surface area contributed by atoms with Gasteiger partial charge in [0.05, 0.1) is 24.8 Å². The minimum Gasteiger partial charge on any atom is -0.489 e. The molecule has 1 aromatic rings. The average molecular weight is 275 g/mol. The number of rotatable bonds is 9. The first-order chi connectivity index (χ1) is 8.75. The van der Waals surface area contributed by atoms with Gasteiger partial charge in [0.1, 0.15) is 25.4 Å². The number of aryl methyl sites for hydroxylation is 1. The van der Waals surface area contributed by atoms with E-state index in [0.717, 1.165) is 37.6 Å². The molecule has 0 spiro atoms. The van der Waals surface area contributed by atoms with Crippen molar-refractivity contribution in [2.24, 2.45) is 0 Å². The number of ether oxygens (including phenoxy) is 2. The molecule has 0 aliphatic rings. The monoisotopic (exact) mass is 274 g/mol. The van der Waals surface area contributed by atoms with Crippen LogP contribution in [0.1, 0.15) is 5.56 Å². The van der Waals surface area contributed by atoms with Gasteiger partial charge >= 0.3 is 0 Å². The summed E-state index contributed by atoms with van der Waals surface area (Å²) in [7, 11) is 0.